The van der Waals surface area contributed by atoms with E-state index in [4.69, 9.17) is 4.52 Å². The van der Waals surface area contributed by atoms with Gasteiger partial charge in [0.15, 0.2) is 5.82 Å². The molecule has 0 saturated carbocycles. The van der Waals surface area contributed by atoms with Gasteiger partial charge in [-0.2, -0.15) is 19.6 Å². The molecule has 22 heavy (non-hydrogen) atoms. The minimum Gasteiger partial charge on any atom is -0.356 e. The summed E-state index contributed by atoms with van der Waals surface area (Å²) in [6, 6.07) is 2.05. The molecule has 1 fully saturated rings. The maximum absolute atomic E-state index is 5.12. The fourth-order valence-electron chi connectivity index (χ4n) is 3.01. The average molecular weight is 299 g/mol. The third kappa shape index (κ3) is 2.20. The maximum atomic E-state index is 5.12. The van der Waals surface area contributed by atoms with Crippen molar-refractivity contribution in [3.05, 3.63) is 29.8 Å². The van der Waals surface area contributed by atoms with Crippen molar-refractivity contribution in [2.45, 2.75) is 32.6 Å². The van der Waals surface area contributed by atoms with Gasteiger partial charge >= 0.3 is 0 Å². The van der Waals surface area contributed by atoms with Gasteiger partial charge in [0.2, 0.25) is 5.89 Å². The van der Waals surface area contributed by atoms with Crippen molar-refractivity contribution >= 4 is 11.6 Å². The van der Waals surface area contributed by atoms with Gasteiger partial charge in [0.05, 0.1) is 0 Å². The van der Waals surface area contributed by atoms with Crippen LogP contribution in [0, 0.1) is 13.8 Å². The van der Waals surface area contributed by atoms with Gasteiger partial charge < -0.3 is 9.42 Å². The summed E-state index contributed by atoms with van der Waals surface area (Å²) in [5.41, 5.74) is 0.938. The van der Waals surface area contributed by atoms with E-state index in [9.17, 15) is 0 Å². The van der Waals surface area contributed by atoms with Crippen molar-refractivity contribution in [1.29, 1.82) is 0 Å². The lowest BCUT2D eigenvalue weighted by Crippen LogP contribution is -2.36. The van der Waals surface area contributed by atoms with Gasteiger partial charge in [-0.25, -0.2) is 4.98 Å². The van der Waals surface area contributed by atoms with Gasteiger partial charge in [-0.05, 0) is 19.8 Å². The van der Waals surface area contributed by atoms with Crippen LogP contribution in [0.25, 0.3) is 5.78 Å². The van der Waals surface area contributed by atoms with E-state index < -0.39 is 0 Å². The Balaban J connectivity index is 1.68. The highest BCUT2D eigenvalue weighted by Gasteiger charge is 2.26. The summed E-state index contributed by atoms with van der Waals surface area (Å²) in [5.74, 6) is 3.34. The van der Waals surface area contributed by atoms with E-state index in [0.29, 0.717) is 11.7 Å². The Kier molecular flexibility index (Phi) is 3.02. The first-order valence-corrected chi connectivity index (χ1v) is 7.43. The number of piperidine rings is 1. The van der Waals surface area contributed by atoms with Crippen LogP contribution in [0.15, 0.2) is 16.9 Å². The molecule has 0 spiro atoms. The van der Waals surface area contributed by atoms with Crippen LogP contribution in [-0.2, 0) is 0 Å². The largest absolute Gasteiger partial charge is 0.356 e. The molecular weight excluding hydrogens is 282 g/mol. The van der Waals surface area contributed by atoms with Crippen LogP contribution >= 0.6 is 0 Å². The molecule has 1 atom stereocenters. The second kappa shape index (κ2) is 5.04. The molecule has 1 saturated heterocycles. The van der Waals surface area contributed by atoms with E-state index in [-0.39, 0.29) is 5.92 Å². The molecule has 8 heteroatoms. The van der Waals surface area contributed by atoms with E-state index in [1.807, 2.05) is 19.9 Å². The summed E-state index contributed by atoms with van der Waals surface area (Å²) in [6.07, 6.45) is 3.69. The summed E-state index contributed by atoms with van der Waals surface area (Å²) in [7, 11) is 0. The number of nitrogens with zero attached hydrogens (tertiary/aromatic N) is 7. The van der Waals surface area contributed by atoms with Crippen LogP contribution in [0.5, 0.6) is 0 Å². The van der Waals surface area contributed by atoms with E-state index >= 15 is 0 Å². The van der Waals surface area contributed by atoms with Crippen molar-refractivity contribution in [2.24, 2.45) is 0 Å². The number of hydrogen-bond acceptors (Lipinski definition) is 7. The molecule has 1 aliphatic rings. The van der Waals surface area contributed by atoms with Crippen molar-refractivity contribution in [3.8, 4) is 0 Å². The Labute approximate surface area is 127 Å². The summed E-state index contributed by atoms with van der Waals surface area (Å²) in [5, 5.41) is 8.37. The van der Waals surface area contributed by atoms with E-state index in [2.05, 4.69) is 30.1 Å². The maximum Gasteiger partial charge on any atom is 0.254 e. The number of aromatic nitrogens is 6. The average Bonchev–Trinajstić information content (AvgIpc) is 3.15. The number of hydrogen-bond donors (Lipinski definition) is 0. The van der Waals surface area contributed by atoms with Gasteiger partial charge in [0.25, 0.3) is 5.78 Å². The van der Waals surface area contributed by atoms with Gasteiger partial charge in [0.1, 0.15) is 12.1 Å². The van der Waals surface area contributed by atoms with Crippen LogP contribution in [0.3, 0.4) is 0 Å². The number of aryl methyl sites for hydroxylation is 2. The van der Waals surface area contributed by atoms with Gasteiger partial charge in [0, 0.05) is 37.7 Å². The molecule has 1 aliphatic heterocycles. The van der Waals surface area contributed by atoms with Gasteiger partial charge in [-0.3, -0.25) is 0 Å². The second-order valence-corrected chi connectivity index (χ2v) is 5.68. The minimum absolute atomic E-state index is 0.276. The normalized spacial score (nSPS) is 19.0. The first-order valence-electron chi connectivity index (χ1n) is 7.43. The summed E-state index contributed by atoms with van der Waals surface area (Å²) in [4.78, 5) is 15.3. The van der Waals surface area contributed by atoms with Crippen LogP contribution < -0.4 is 4.90 Å². The lowest BCUT2D eigenvalue weighted by atomic mass is 9.97. The van der Waals surface area contributed by atoms with Crippen molar-refractivity contribution in [1.82, 2.24) is 29.7 Å². The zero-order chi connectivity index (χ0) is 15.1. The van der Waals surface area contributed by atoms with E-state index in [0.717, 1.165) is 43.3 Å². The predicted molar refractivity (Wildman–Crippen MR) is 78.7 cm³/mol. The summed E-state index contributed by atoms with van der Waals surface area (Å²) in [6.45, 7) is 5.62. The number of fused-ring (bicyclic) bond motifs is 1. The Hall–Kier alpha value is -2.51. The lowest BCUT2D eigenvalue weighted by molar-refractivity contribution is 0.376. The molecule has 0 unspecified atom stereocenters. The Bertz CT molecular complexity index is 808. The molecule has 0 aliphatic carbocycles. The van der Waals surface area contributed by atoms with E-state index in [1.54, 1.807) is 4.52 Å². The SMILES string of the molecule is Cc1cc(N2CCC[C@@H](c3noc(C)n3)C2)n2ncnc2n1. The van der Waals surface area contributed by atoms with Crippen LogP contribution in [0.4, 0.5) is 5.82 Å². The fraction of sp³-hybridized carbons (Fsp3) is 0.500. The van der Waals surface area contributed by atoms with Gasteiger partial charge in [-0.1, -0.05) is 5.16 Å². The van der Waals surface area contributed by atoms with Crippen LogP contribution in [0.1, 0.15) is 36.2 Å². The highest BCUT2D eigenvalue weighted by molar-refractivity contribution is 5.47. The molecule has 0 amide bonds. The molecular formula is C14H17N7O. The highest BCUT2D eigenvalue weighted by Crippen LogP contribution is 2.28. The number of anilines is 1. The third-order valence-corrected chi connectivity index (χ3v) is 4.01. The van der Waals surface area contributed by atoms with Crippen molar-refractivity contribution in [2.75, 3.05) is 18.0 Å². The Morgan fingerprint density at radius 3 is 3.00 bits per heavy atom. The predicted octanol–water partition coefficient (Wildman–Crippen LogP) is 1.51. The van der Waals surface area contributed by atoms with Crippen molar-refractivity contribution < 1.29 is 4.52 Å². The molecule has 0 radical (unpaired) electrons. The second-order valence-electron chi connectivity index (χ2n) is 5.68. The fourth-order valence-corrected chi connectivity index (χ4v) is 3.01. The molecule has 8 nitrogen and oxygen atoms in total. The Morgan fingerprint density at radius 1 is 1.27 bits per heavy atom. The monoisotopic (exact) mass is 299 g/mol. The first-order chi connectivity index (χ1) is 10.7. The zero-order valence-corrected chi connectivity index (χ0v) is 12.6. The molecule has 3 aromatic heterocycles. The molecule has 4 rings (SSSR count). The minimum atomic E-state index is 0.276. The highest BCUT2D eigenvalue weighted by atomic mass is 16.5. The number of rotatable bonds is 2. The van der Waals surface area contributed by atoms with Crippen LogP contribution in [0.2, 0.25) is 0 Å². The smallest absolute Gasteiger partial charge is 0.254 e. The molecule has 0 N–H and O–H groups in total. The Morgan fingerprint density at radius 2 is 2.18 bits per heavy atom. The van der Waals surface area contributed by atoms with Crippen molar-refractivity contribution in [3.63, 3.8) is 0 Å². The topological polar surface area (TPSA) is 85.2 Å². The molecule has 0 bridgehead atoms. The molecule has 4 heterocycles. The zero-order valence-electron chi connectivity index (χ0n) is 12.6. The molecule has 114 valence electrons. The summed E-state index contributed by atoms with van der Waals surface area (Å²) < 4.78 is 6.91. The molecule has 3 aromatic rings. The van der Waals surface area contributed by atoms with E-state index in [1.165, 1.54) is 6.33 Å². The standard InChI is InChI=1S/C14H17N7O/c1-9-6-12(21-14(17-9)15-8-16-21)20-5-3-4-11(7-20)13-18-10(2)22-19-13/h6,8,11H,3-5,7H2,1-2H3/t11-/m1/s1. The first kappa shape index (κ1) is 13.2. The summed E-state index contributed by atoms with van der Waals surface area (Å²) >= 11 is 0. The van der Waals surface area contributed by atoms with Crippen LogP contribution in [-0.4, -0.2) is 42.8 Å². The lowest BCUT2D eigenvalue weighted by Gasteiger charge is -2.32. The third-order valence-electron chi connectivity index (χ3n) is 4.01. The quantitative estimate of drug-likeness (QED) is 0.709. The van der Waals surface area contributed by atoms with Gasteiger partial charge in [-0.15, -0.1) is 0 Å². The molecule has 0 aromatic carbocycles.